The maximum absolute atomic E-state index is 14.7. The van der Waals surface area contributed by atoms with Gasteiger partial charge in [-0.25, -0.2) is 21.1 Å². The molecule has 0 spiro atoms. The number of carbonyl (C=O) groups excluding carboxylic acids is 4. The number of aliphatic hydroxyl groups is 1. The summed E-state index contributed by atoms with van der Waals surface area (Å²) in [7, 11) is -13.8. The average Bonchev–Trinajstić information content (AvgIpc) is 3.36. The summed E-state index contributed by atoms with van der Waals surface area (Å²) < 4.78 is 104. The number of nitriles is 1. The summed E-state index contributed by atoms with van der Waals surface area (Å²) in [4.78, 5) is 51.8. The van der Waals surface area contributed by atoms with Crippen molar-refractivity contribution in [2.45, 2.75) is 75.6 Å². The minimum Gasteiger partial charge on any atom is -0.748 e. The molecule has 0 atom stereocenters. The number of aliphatic hydroxyl groups excluding tert-OH is 1. The molecule has 20 nitrogen and oxygen atoms in total. The molecule has 74 heavy (non-hydrogen) atoms. The van der Waals surface area contributed by atoms with Crippen LogP contribution in [0.5, 0.6) is 5.75 Å². The van der Waals surface area contributed by atoms with Crippen molar-refractivity contribution < 1.29 is 67.9 Å². The Hall–Kier alpha value is -7.41. The number of allylic oxidation sites excluding steroid dienone is 1. The van der Waals surface area contributed by atoms with Crippen molar-refractivity contribution >= 4 is 81.4 Å². The number of fused-ring (bicyclic) bond motifs is 2. The quantitative estimate of drug-likeness (QED) is 0.00656. The van der Waals surface area contributed by atoms with Crippen molar-refractivity contribution in [2.24, 2.45) is 0 Å². The summed E-state index contributed by atoms with van der Waals surface area (Å²) in [5.41, 5.74) is 1.42. The van der Waals surface area contributed by atoms with E-state index in [-0.39, 0.29) is 86.2 Å². The minimum atomic E-state index is -4.69. The number of hydrogen-bond donors (Lipinski definition) is 5. The second kappa shape index (κ2) is 27.0. The Labute approximate surface area is 430 Å². The molecule has 4 aromatic carbocycles. The van der Waals surface area contributed by atoms with Crippen LogP contribution in [0.15, 0.2) is 113 Å². The van der Waals surface area contributed by atoms with E-state index in [1.165, 1.54) is 24.3 Å². The topological polar surface area (TPSA) is 310 Å². The van der Waals surface area contributed by atoms with Gasteiger partial charge in [-0.2, -0.15) is 18.2 Å². The lowest BCUT2D eigenvalue weighted by Gasteiger charge is -2.24. The third-order valence-electron chi connectivity index (χ3n) is 11.4. The number of unbranched alkanes of at least 4 members (excludes halogenated alkanes) is 2. The van der Waals surface area contributed by atoms with Gasteiger partial charge >= 0.3 is 0 Å². The number of pyridine rings is 1. The third-order valence-corrected chi connectivity index (χ3v) is 14.8. The van der Waals surface area contributed by atoms with Crippen LogP contribution in [0.1, 0.15) is 73.7 Å². The fourth-order valence-corrected chi connectivity index (χ4v) is 10.2. The molecule has 0 bridgehead atoms. The van der Waals surface area contributed by atoms with E-state index in [0.717, 1.165) is 0 Å². The van der Waals surface area contributed by atoms with E-state index >= 15 is 0 Å². The van der Waals surface area contributed by atoms with Gasteiger partial charge in [-0.3, -0.25) is 23.7 Å². The van der Waals surface area contributed by atoms with Crippen LogP contribution < -0.4 is 25.3 Å². The van der Waals surface area contributed by atoms with E-state index in [0.29, 0.717) is 69.0 Å². The molecule has 5 N–H and O–H groups in total. The highest BCUT2D eigenvalue weighted by Gasteiger charge is 2.34. The Morgan fingerprint density at radius 2 is 1.35 bits per heavy atom. The summed E-state index contributed by atoms with van der Waals surface area (Å²) in [6, 6.07) is 26.8. The van der Waals surface area contributed by atoms with Gasteiger partial charge in [0.25, 0.3) is 32.0 Å². The van der Waals surface area contributed by atoms with Crippen molar-refractivity contribution in [3.8, 4) is 24.2 Å². The summed E-state index contributed by atoms with van der Waals surface area (Å²) in [5.74, 6) is -1.23. The smallest absolute Gasteiger partial charge is 0.269 e. The molecule has 1 aromatic heterocycles. The SMILES string of the molecule is C#CCC/C(O)=C(\C#N)C(=O)Nc1ccc(OCCCCCC(=O)NCCNC(=O)CCc2ccc(S(=O)(=O)N(CCCS(=O)(=O)O)C(=O)c3c4ccccc4[n+](CCCS(=O)(=O)[O-])c4ccccc34)cc2)cc1. The molecule has 5 aromatic rings. The Morgan fingerprint density at radius 3 is 1.93 bits per heavy atom. The second-order valence-corrected chi connectivity index (χ2v) is 21.8. The van der Waals surface area contributed by atoms with Gasteiger partial charge in [-0.15, -0.1) is 12.3 Å². The molecular formula is C51H56N6O14S3. The molecule has 0 aliphatic heterocycles. The fourth-order valence-electron chi connectivity index (χ4n) is 7.77. The normalized spacial score (nSPS) is 12.0. The molecule has 0 aliphatic carbocycles. The van der Waals surface area contributed by atoms with Crippen LogP contribution in [-0.4, -0.2) is 105 Å². The highest BCUT2D eigenvalue weighted by Crippen LogP contribution is 2.29. The maximum atomic E-state index is 14.7. The second-order valence-electron chi connectivity index (χ2n) is 16.8. The number of terminal acetylenes is 1. The van der Waals surface area contributed by atoms with E-state index in [1.807, 2.05) is 0 Å². The van der Waals surface area contributed by atoms with Gasteiger partial charge in [0, 0.05) is 75.3 Å². The zero-order valence-corrected chi connectivity index (χ0v) is 42.6. The first-order valence-electron chi connectivity index (χ1n) is 23.4. The summed E-state index contributed by atoms with van der Waals surface area (Å²) >= 11 is 0. The number of rotatable bonds is 28. The van der Waals surface area contributed by atoms with Crippen LogP contribution in [0.4, 0.5) is 5.69 Å². The van der Waals surface area contributed by atoms with Crippen LogP contribution in [0, 0.1) is 23.7 Å². The molecule has 23 heteroatoms. The van der Waals surface area contributed by atoms with Crippen LogP contribution in [0.3, 0.4) is 0 Å². The number of nitrogens with one attached hydrogen (secondary N) is 3. The van der Waals surface area contributed by atoms with Crippen molar-refractivity contribution in [3.05, 3.63) is 120 Å². The first-order chi connectivity index (χ1) is 35.2. The predicted octanol–water partition coefficient (Wildman–Crippen LogP) is 4.82. The number of para-hydroxylation sites is 2. The standard InChI is InChI=1S/C51H56N6O14S3/c1-2-3-17-46(58)43(36-52)50(61)55-38-22-24-39(25-23-38)71-33-10-4-5-18-47(59)53-29-30-54-48(60)28-21-37-19-26-40(27-20-37)74(69,70)57(32-12-35-73(66,67)68)51(62)49-41-13-6-8-15-44(41)56(31-11-34-72(63,64)65)45-16-9-7-14-42(45)49/h1,6-9,13-16,19-20,22-27H,3-5,10-12,17-18,21,28-35H2,(H5-,53,54,55,58,59,60,61,63,64,65,66,67,68). The van der Waals surface area contributed by atoms with Gasteiger partial charge in [-0.1, -0.05) is 36.4 Å². The van der Waals surface area contributed by atoms with Crippen LogP contribution in [-0.2, 0) is 57.6 Å². The van der Waals surface area contributed by atoms with E-state index in [2.05, 4.69) is 21.9 Å². The number of sulfonamides is 1. The maximum Gasteiger partial charge on any atom is 0.269 e. The van der Waals surface area contributed by atoms with Gasteiger partial charge < -0.3 is 30.3 Å². The van der Waals surface area contributed by atoms with E-state index in [9.17, 15) is 63.9 Å². The van der Waals surface area contributed by atoms with Gasteiger partial charge in [0.1, 0.15) is 17.6 Å². The molecule has 1 heterocycles. The van der Waals surface area contributed by atoms with Crippen molar-refractivity contribution in [3.63, 3.8) is 0 Å². The zero-order chi connectivity index (χ0) is 53.9. The Kier molecular flexibility index (Phi) is 21.0. The Balaban J connectivity index is 1.09. The van der Waals surface area contributed by atoms with Gasteiger partial charge in [0.15, 0.2) is 12.1 Å². The highest BCUT2D eigenvalue weighted by molar-refractivity contribution is 7.89. The van der Waals surface area contributed by atoms with E-state index in [4.69, 9.17) is 11.2 Å². The lowest BCUT2D eigenvalue weighted by molar-refractivity contribution is -0.645. The lowest BCUT2D eigenvalue weighted by Crippen LogP contribution is -2.41. The Morgan fingerprint density at radius 1 is 0.743 bits per heavy atom. The number of benzene rings is 4. The third kappa shape index (κ3) is 17.1. The Bertz CT molecular complexity index is 3240. The number of carbonyl (C=O) groups is 4. The number of ether oxygens (including phenoxy) is 1. The van der Waals surface area contributed by atoms with Crippen LogP contribution in [0.2, 0.25) is 0 Å². The number of anilines is 1. The molecule has 0 fully saturated rings. The molecular weight excluding hydrogens is 1020 g/mol. The largest absolute Gasteiger partial charge is 0.748 e. The van der Waals surface area contributed by atoms with E-state index < -0.39 is 72.1 Å². The number of hydrogen-bond acceptors (Lipinski definition) is 14. The summed E-state index contributed by atoms with van der Waals surface area (Å²) in [6.07, 6.45) is 7.37. The number of aromatic nitrogens is 1. The first kappa shape index (κ1) is 57.5. The van der Waals surface area contributed by atoms with Crippen LogP contribution >= 0.6 is 0 Å². The van der Waals surface area contributed by atoms with Crippen molar-refractivity contribution in [1.29, 1.82) is 5.26 Å². The fraction of sp³-hybridized carbons (Fsp3) is 0.333. The monoisotopic (exact) mass is 1070 g/mol. The average molecular weight is 1070 g/mol. The lowest BCUT2D eigenvalue weighted by atomic mass is 10.0. The van der Waals surface area contributed by atoms with E-state index in [1.54, 1.807) is 83.4 Å². The molecule has 0 saturated carbocycles. The predicted molar refractivity (Wildman–Crippen MR) is 273 cm³/mol. The van der Waals surface area contributed by atoms with Gasteiger partial charge in [-0.05, 0) is 86.2 Å². The summed E-state index contributed by atoms with van der Waals surface area (Å²) in [5, 5.41) is 27.9. The molecule has 0 aliphatic rings. The zero-order valence-electron chi connectivity index (χ0n) is 40.2. The molecule has 392 valence electrons. The number of nitrogens with zero attached hydrogens (tertiary/aromatic N) is 3. The van der Waals surface area contributed by atoms with Crippen molar-refractivity contribution in [2.75, 3.05) is 43.1 Å². The highest BCUT2D eigenvalue weighted by atomic mass is 32.2. The van der Waals surface area contributed by atoms with Crippen molar-refractivity contribution in [1.82, 2.24) is 14.9 Å². The molecule has 0 saturated heterocycles. The minimum absolute atomic E-state index is 0.00898. The van der Waals surface area contributed by atoms with Gasteiger partial charge in [0.2, 0.25) is 22.8 Å². The molecule has 0 radical (unpaired) electrons. The molecule has 4 amide bonds. The molecule has 0 unspecified atom stereocenters. The first-order valence-corrected chi connectivity index (χ1v) is 28.1. The number of amides is 4. The van der Waals surface area contributed by atoms with Gasteiger partial charge in [0.05, 0.1) is 43.7 Å². The summed E-state index contributed by atoms with van der Waals surface area (Å²) in [6.45, 7) is 0.193. The molecule has 5 rings (SSSR count). The number of aryl methyl sites for hydroxylation is 2. The van der Waals surface area contributed by atoms with Crippen LogP contribution in [0.25, 0.3) is 21.8 Å².